The second-order valence-electron chi connectivity index (χ2n) is 9.15. The molecule has 1 aliphatic rings. The van der Waals surface area contributed by atoms with Gasteiger partial charge in [0.15, 0.2) is 5.82 Å². The van der Waals surface area contributed by atoms with E-state index in [9.17, 15) is 0 Å². The van der Waals surface area contributed by atoms with Crippen LogP contribution in [0.5, 0.6) is 0 Å². The van der Waals surface area contributed by atoms with Gasteiger partial charge in [-0.25, -0.2) is 19.5 Å². The van der Waals surface area contributed by atoms with Crippen LogP contribution in [0.2, 0.25) is 0 Å². The van der Waals surface area contributed by atoms with E-state index in [0.29, 0.717) is 0 Å². The standard InChI is InChI=1S/C27H31N9/c1-6-8-21(7-2)11-22-13-28-27(29-14-22)35-10-9-34(16-19(35)3)26-25-12-23(17-36(25)32-18-30-26)24-15-31-33(5)20(24)4/h6-8,12-15,17-19H,1-2,9-11,16H2,3-5H3/b21-8+. The van der Waals surface area contributed by atoms with Crippen LogP contribution in [0.4, 0.5) is 11.8 Å². The zero-order chi connectivity index (χ0) is 25.2. The molecular formula is C27H31N9. The molecule has 0 aromatic carbocycles. The molecule has 1 saturated heterocycles. The van der Waals surface area contributed by atoms with Gasteiger partial charge in [0, 0.05) is 74.6 Å². The molecule has 4 aromatic rings. The molecule has 0 aliphatic carbocycles. The Hall–Kier alpha value is -4.27. The maximum absolute atomic E-state index is 4.67. The number of piperazine rings is 1. The van der Waals surface area contributed by atoms with Gasteiger partial charge in [-0.05, 0) is 31.1 Å². The molecule has 1 unspecified atom stereocenters. The number of rotatable bonds is 7. The molecule has 5 heterocycles. The van der Waals surface area contributed by atoms with Crippen LogP contribution in [0.1, 0.15) is 18.2 Å². The number of aromatic nitrogens is 7. The summed E-state index contributed by atoms with van der Waals surface area (Å²) in [6.07, 6.45) is 15.7. The predicted molar refractivity (Wildman–Crippen MR) is 143 cm³/mol. The van der Waals surface area contributed by atoms with Crippen LogP contribution in [-0.4, -0.2) is 60.0 Å². The van der Waals surface area contributed by atoms with Gasteiger partial charge in [-0.2, -0.15) is 10.2 Å². The van der Waals surface area contributed by atoms with E-state index in [4.69, 9.17) is 0 Å². The van der Waals surface area contributed by atoms with Gasteiger partial charge in [0.05, 0.1) is 6.20 Å². The largest absolute Gasteiger partial charge is 0.351 e. The molecule has 0 N–H and O–H groups in total. The van der Waals surface area contributed by atoms with Crippen LogP contribution in [0, 0.1) is 6.92 Å². The summed E-state index contributed by atoms with van der Waals surface area (Å²) in [5.41, 5.74) is 6.44. The second-order valence-corrected chi connectivity index (χ2v) is 9.15. The third-order valence-electron chi connectivity index (χ3n) is 6.81. The highest BCUT2D eigenvalue weighted by molar-refractivity contribution is 5.78. The van der Waals surface area contributed by atoms with Crippen molar-refractivity contribution >= 4 is 17.3 Å². The number of hydrogen-bond donors (Lipinski definition) is 0. The summed E-state index contributed by atoms with van der Waals surface area (Å²) >= 11 is 0. The molecule has 1 fully saturated rings. The maximum atomic E-state index is 4.67. The third kappa shape index (κ3) is 4.39. The smallest absolute Gasteiger partial charge is 0.225 e. The van der Waals surface area contributed by atoms with Gasteiger partial charge >= 0.3 is 0 Å². The van der Waals surface area contributed by atoms with Crippen LogP contribution in [0.3, 0.4) is 0 Å². The number of fused-ring (bicyclic) bond motifs is 1. The number of aryl methyl sites for hydroxylation is 1. The maximum Gasteiger partial charge on any atom is 0.225 e. The van der Waals surface area contributed by atoms with Crippen molar-refractivity contribution in [1.82, 2.24) is 34.3 Å². The molecule has 9 nitrogen and oxygen atoms in total. The molecule has 0 spiro atoms. The Balaban J connectivity index is 1.33. The normalized spacial score (nSPS) is 16.5. The molecule has 0 radical (unpaired) electrons. The summed E-state index contributed by atoms with van der Waals surface area (Å²) in [5, 5.41) is 8.84. The quantitative estimate of drug-likeness (QED) is 0.372. The van der Waals surface area contributed by atoms with Gasteiger partial charge in [0.1, 0.15) is 11.8 Å². The molecule has 0 bridgehead atoms. The first kappa shape index (κ1) is 23.5. The summed E-state index contributed by atoms with van der Waals surface area (Å²) in [6.45, 7) is 14.3. The number of anilines is 2. The summed E-state index contributed by atoms with van der Waals surface area (Å²) in [4.78, 5) is 18.6. The average Bonchev–Trinajstić information content (AvgIpc) is 3.47. The lowest BCUT2D eigenvalue weighted by Crippen LogP contribution is -2.53. The van der Waals surface area contributed by atoms with Gasteiger partial charge in [-0.3, -0.25) is 4.68 Å². The highest BCUT2D eigenvalue weighted by Gasteiger charge is 2.28. The Morgan fingerprint density at radius 2 is 1.92 bits per heavy atom. The molecule has 5 rings (SSSR count). The van der Waals surface area contributed by atoms with E-state index < -0.39 is 0 Å². The molecule has 0 saturated carbocycles. The Bertz CT molecular complexity index is 1430. The minimum absolute atomic E-state index is 0.221. The predicted octanol–water partition coefficient (Wildman–Crippen LogP) is 3.78. The lowest BCUT2D eigenvalue weighted by Gasteiger charge is -2.40. The van der Waals surface area contributed by atoms with E-state index in [1.807, 2.05) is 53.2 Å². The van der Waals surface area contributed by atoms with Gasteiger partial charge < -0.3 is 9.80 Å². The van der Waals surface area contributed by atoms with Crippen LogP contribution >= 0.6 is 0 Å². The Morgan fingerprint density at radius 1 is 1.11 bits per heavy atom. The summed E-state index contributed by atoms with van der Waals surface area (Å²) < 4.78 is 3.79. The van der Waals surface area contributed by atoms with E-state index in [1.165, 1.54) is 0 Å². The Morgan fingerprint density at radius 3 is 2.58 bits per heavy atom. The van der Waals surface area contributed by atoms with E-state index in [0.717, 1.165) is 71.3 Å². The molecular weight excluding hydrogens is 450 g/mol. The summed E-state index contributed by atoms with van der Waals surface area (Å²) in [7, 11) is 1.95. The number of hydrogen-bond acceptors (Lipinski definition) is 7. The fraction of sp³-hybridized carbons (Fsp3) is 0.296. The van der Waals surface area contributed by atoms with Crippen molar-refractivity contribution in [3.8, 4) is 11.1 Å². The van der Waals surface area contributed by atoms with E-state index in [1.54, 1.807) is 12.4 Å². The Kier molecular flexibility index (Phi) is 6.37. The third-order valence-corrected chi connectivity index (χ3v) is 6.81. The van der Waals surface area contributed by atoms with Crippen molar-refractivity contribution in [2.75, 3.05) is 29.4 Å². The molecule has 4 aromatic heterocycles. The molecule has 184 valence electrons. The van der Waals surface area contributed by atoms with Crippen molar-refractivity contribution < 1.29 is 0 Å². The summed E-state index contributed by atoms with van der Waals surface area (Å²) in [5.74, 6) is 1.69. The van der Waals surface area contributed by atoms with Crippen molar-refractivity contribution in [2.24, 2.45) is 7.05 Å². The summed E-state index contributed by atoms with van der Waals surface area (Å²) in [6, 6.07) is 2.37. The van der Waals surface area contributed by atoms with E-state index in [2.05, 4.69) is 68.0 Å². The zero-order valence-corrected chi connectivity index (χ0v) is 21.0. The lowest BCUT2D eigenvalue weighted by molar-refractivity contribution is 0.537. The number of allylic oxidation sites excluding steroid dienone is 4. The first-order valence-corrected chi connectivity index (χ1v) is 12.1. The fourth-order valence-electron chi connectivity index (χ4n) is 4.71. The first-order valence-electron chi connectivity index (χ1n) is 12.1. The van der Waals surface area contributed by atoms with E-state index >= 15 is 0 Å². The van der Waals surface area contributed by atoms with Crippen molar-refractivity contribution in [3.63, 3.8) is 0 Å². The lowest BCUT2D eigenvalue weighted by atomic mass is 10.1. The Labute approximate surface area is 211 Å². The van der Waals surface area contributed by atoms with Crippen LogP contribution in [0.25, 0.3) is 16.6 Å². The fourth-order valence-corrected chi connectivity index (χ4v) is 4.71. The van der Waals surface area contributed by atoms with Gasteiger partial charge in [0.2, 0.25) is 5.95 Å². The van der Waals surface area contributed by atoms with Crippen LogP contribution in [-0.2, 0) is 13.5 Å². The van der Waals surface area contributed by atoms with Gasteiger partial charge in [-0.1, -0.05) is 31.4 Å². The van der Waals surface area contributed by atoms with Crippen molar-refractivity contribution in [2.45, 2.75) is 26.3 Å². The van der Waals surface area contributed by atoms with Gasteiger partial charge in [0.25, 0.3) is 0 Å². The van der Waals surface area contributed by atoms with Crippen molar-refractivity contribution in [1.29, 1.82) is 0 Å². The average molecular weight is 482 g/mol. The number of nitrogens with zero attached hydrogens (tertiary/aromatic N) is 9. The molecule has 0 amide bonds. The van der Waals surface area contributed by atoms with Crippen LogP contribution in [0.15, 0.2) is 74.1 Å². The molecule has 1 aliphatic heterocycles. The highest BCUT2D eigenvalue weighted by atomic mass is 15.4. The van der Waals surface area contributed by atoms with Crippen LogP contribution < -0.4 is 9.80 Å². The molecule has 36 heavy (non-hydrogen) atoms. The minimum Gasteiger partial charge on any atom is -0.351 e. The SMILES string of the molecule is C=C/C=C(\C=C)Cc1cnc(N2CCN(c3ncnn4cc(-c5cnn(C)c5C)cc34)CC2C)nc1. The van der Waals surface area contributed by atoms with Crippen molar-refractivity contribution in [3.05, 3.63) is 85.4 Å². The first-order chi connectivity index (χ1) is 17.5. The second kappa shape index (κ2) is 9.77. The topological polar surface area (TPSA) is 80.3 Å². The highest BCUT2D eigenvalue weighted by Crippen LogP contribution is 2.30. The van der Waals surface area contributed by atoms with E-state index in [-0.39, 0.29) is 6.04 Å². The monoisotopic (exact) mass is 481 g/mol. The minimum atomic E-state index is 0.221. The zero-order valence-electron chi connectivity index (χ0n) is 21.0. The van der Waals surface area contributed by atoms with Gasteiger partial charge in [-0.15, -0.1) is 0 Å². The molecule has 9 heteroatoms. The molecule has 1 atom stereocenters.